The fourth-order valence-electron chi connectivity index (χ4n) is 2.43. The van der Waals surface area contributed by atoms with Crippen molar-refractivity contribution in [3.63, 3.8) is 0 Å². The van der Waals surface area contributed by atoms with Crippen LogP contribution in [0.5, 0.6) is 0 Å². The van der Waals surface area contributed by atoms with Crippen molar-refractivity contribution in [2.75, 3.05) is 41.4 Å². The highest BCUT2D eigenvalue weighted by Crippen LogP contribution is 2.22. The van der Waals surface area contributed by atoms with Gasteiger partial charge < -0.3 is 10.2 Å². The van der Waals surface area contributed by atoms with Crippen LogP contribution in [-0.2, 0) is 14.8 Å². The van der Waals surface area contributed by atoms with E-state index < -0.39 is 33.3 Å². The number of hydrogen-bond donors (Lipinski definition) is 1. The zero-order chi connectivity index (χ0) is 20.2. The van der Waals surface area contributed by atoms with Crippen molar-refractivity contribution in [3.05, 3.63) is 54.1 Å². The molecular weight excluding hydrogens is 376 g/mol. The first kappa shape index (κ1) is 20.6. The van der Waals surface area contributed by atoms with E-state index in [1.807, 2.05) is 19.0 Å². The van der Waals surface area contributed by atoms with Crippen molar-refractivity contribution in [1.29, 1.82) is 0 Å². The van der Waals surface area contributed by atoms with Gasteiger partial charge in [-0.3, -0.25) is 9.10 Å². The van der Waals surface area contributed by atoms with Gasteiger partial charge in [-0.15, -0.1) is 0 Å². The summed E-state index contributed by atoms with van der Waals surface area (Å²) >= 11 is 0. The summed E-state index contributed by atoms with van der Waals surface area (Å²) in [5.74, 6) is -2.50. The molecule has 1 amide bonds. The van der Waals surface area contributed by atoms with E-state index in [4.69, 9.17) is 0 Å². The number of nitrogens with zero attached hydrogens (tertiary/aromatic N) is 2. The molecule has 0 saturated carbocycles. The Morgan fingerprint density at radius 3 is 2.00 bits per heavy atom. The lowest BCUT2D eigenvalue weighted by atomic mass is 10.2. The Morgan fingerprint density at radius 1 is 1.00 bits per heavy atom. The SMILES string of the molecule is CN(C)c1ccc(N(CCC(=O)Nc2c(F)cccc2F)S(C)(=O)=O)cc1. The Kier molecular flexibility index (Phi) is 6.37. The zero-order valence-electron chi connectivity index (χ0n) is 15.2. The van der Waals surface area contributed by atoms with Crippen molar-refractivity contribution in [2.24, 2.45) is 0 Å². The number of nitrogens with one attached hydrogen (secondary N) is 1. The summed E-state index contributed by atoms with van der Waals surface area (Å²) in [6, 6.07) is 9.99. The molecule has 2 aromatic carbocycles. The molecule has 27 heavy (non-hydrogen) atoms. The second kappa shape index (κ2) is 8.34. The van der Waals surface area contributed by atoms with Crippen molar-refractivity contribution < 1.29 is 22.0 Å². The molecule has 0 aliphatic heterocycles. The molecule has 0 heterocycles. The van der Waals surface area contributed by atoms with Crippen LogP contribution in [0.15, 0.2) is 42.5 Å². The molecule has 1 N–H and O–H groups in total. The summed E-state index contributed by atoms with van der Waals surface area (Å²) in [6.45, 7) is -0.165. The molecule has 2 aromatic rings. The van der Waals surface area contributed by atoms with Gasteiger partial charge in [-0.25, -0.2) is 17.2 Å². The third-order valence-electron chi connectivity index (χ3n) is 3.82. The van der Waals surface area contributed by atoms with Crippen molar-refractivity contribution >= 4 is 33.0 Å². The van der Waals surface area contributed by atoms with Gasteiger partial charge in [0.05, 0.1) is 11.9 Å². The molecule has 0 saturated heterocycles. The van der Waals surface area contributed by atoms with Crippen LogP contribution in [0.2, 0.25) is 0 Å². The van der Waals surface area contributed by atoms with Crippen molar-refractivity contribution in [2.45, 2.75) is 6.42 Å². The quantitative estimate of drug-likeness (QED) is 0.780. The molecule has 0 fully saturated rings. The molecule has 0 unspecified atom stereocenters. The van der Waals surface area contributed by atoms with Gasteiger partial charge in [0.2, 0.25) is 15.9 Å². The van der Waals surface area contributed by atoms with Gasteiger partial charge in [-0.2, -0.15) is 0 Å². The van der Waals surface area contributed by atoms with E-state index in [-0.39, 0.29) is 13.0 Å². The molecule has 0 spiro atoms. The van der Waals surface area contributed by atoms with Crippen molar-refractivity contribution in [1.82, 2.24) is 0 Å². The van der Waals surface area contributed by atoms with Gasteiger partial charge in [0.1, 0.15) is 17.3 Å². The summed E-state index contributed by atoms with van der Waals surface area (Å²) in [5, 5.41) is 2.14. The van der Waals surface area contributed by atoms with E-state index >= 15 is 0 Å². The lowest BCUT2D eigenvalue weighted by molar-refractivity contribution is -0.116. The Hall–Kier alpha value is -2.68. The summed E-state index contributed by atoms with van der Waals surface area (Å²) in [7, 11) is 0.0690. The third kappa shape index (κ3) is 5.40. The summed E-state index contributed by atoms with van der Waals surface area (Å²) in [4.78, 5) is 13.9. The van der Waals surface area contributed by atoms with E-state index in [0.717, 1.165) is 28.4 Å². The predicted octanol–water partition coefficient (Wildman–Crippen LogP) is 2.83. The van der Waals surface area contributed by atoms with E-state index in [2.05, 4.69) is 5.32 Å². The number of hydrogen-bond acceptors (Lipinski definition) is 4. The van der Waals surface area contributed by atoms with Gasteiger partial charge in [0, 0.05) is 32.7 Å². The van der Waals surface area contributed by atoms with Crippen LogP contribution in [0.25, 0.3) is 0 Å². The highest BCUT2D eigenvalue weighted by atomic mass is 32.2. The second-order valence-corrected chi connectivity index (χ2v) is 8.05. The molecule has 0 bridgehead atoms. The highest BCUT2D eigenvalue weighted by Gasteiger charge is 2.20. The molecule has 6 nitrogen and oxygen atoms in total. The lowest BCUT2D eigenvalue weighted by Gasteiger charge is -2.23. The van der Waals surface area contributed by atoms with Crippen LogP contribution < -0.4 is 14.5 Å². The van der Waals surface area contributed by atoms with Crippen LogP contribution >= 0.6 is 0 Å². The largest absolute Gasteiger partial charge is 0.378 e. The smallest absolute Gasteiger partial charge is 0.232 e. The van der Waals surface area contributed by atoms with Gasteiger partial charge in [-0.05, 0) is 36.4 Å². The minimum Gasteiger partial charge on any atom is -0.378 e. The Labute approximate surface area is 157 Å². The van der Waals surface area contributed by atoms with E-state index in [9.17, 15) is 22.0 Å². The number of para-hydroxylation sites is 1. The predicted molar refractivity (Wildman–Crippen MR) is 103 cm³/mol. The van der Waals surface area contributed by atoms with E-state index in [0.29, 0.717) is 5.69 Å². The van der Waals surface area contributed by atoms with E-state index in [1.165, 1.54) is 6.07 Å². The minimum atomic E-state index is -3.64. The molecule has 9 heteroatoms. The molecule has 0 atom stereocenters. The summed E-state index contributed by atoms with van der Waals surface area (Å²) < 4.78 is 52.5. The zero-order valence-corrected chi connectivity index (χ0v) is 16.1. The molecular formula is C18H21F2N3O3S. The fourth-order valence-corrected chi connectivity index (χ4v) is 3.35. The molecule has 0 aliphatic rings. The lowest BCUT2D eigenvalue weighted by Crippen LogP contribution is -2.33. The fraction of sp³-hybridized carbons (Fsp3) is 0.278. The van der Waals surface area contributed by atoms with Gasteiger partial charge in [0.25, 0.3) is 0 Å². The topological polar surface area (TPSA) is 69.7 Å². The molecule has 0 radical (unpaired) electrons. The van der Waals surface area contributed by atoms with Gasteiger partial charge >= 0.3 is 0 Å². The normalized spacial score (nSPS) is 11.1. The number of halogens is 2. The number of carbonyl (C=O) groups excluding carboxylic acids is 1. The van der Waals surface area contributed by atoms with Crippen LogP contribution in [0.4, 0.5) is 25.8 Å². The maximum atomic E-state index is 13.6. The first-order chi connectivity index (χ1) is 12.6. The minimum absolute atomic E-state index is 0.165. The number of anilines is 3. The Balaban J connectivity index is 2.12. The molecule has 0 aliphatic carbocycles. The van der Waals surface area contributed by atoms with Crippen molar-refractivity contribution in [3.8, 4) is 0 Å². The monoisotopic (exact) mass is 397 g/mol. The average molecular weight is 397 g/mol. The molecule has 0 aromatic heterocycles. The number of benzene rings is 2. The summed E-state index contributed by atoms with van der Waals surface area (Å²) in [5.41, 5.74) is 0.733. The summed E-state index contributed by atoms with van der Waals surface area (Å²) in [6.07, 6.45) is 0.761. The number of sulfonamides is 1. The van der Waals surface area contributed by atoms with Crippen LogP contribution in [-0.4, -0.2) is 41.2 Å². The number of rotatable bonds is 7. The Morgan fingerprint density at radius 2 is 1.52 bits per heavy atom. The standard InChI is InChI=1S/C18H21F2N3O3S/c1-22(2)13-7-9-14(10-8-13)23(27(3,25)26)12-11-17(24)21-18-15(19)5-4-6-16(18)20/h4-10H,11-12H2,1-3H3,(H,21,24). The first-order valence-electron chi connectivity index (χ1n) is 8.08. The number of carbonyl (C=O) groups is 1. The molecule has 2 rings (SSSR count). The van der Waals surface area contributed by atoms with Crippen LogP contribution in [0.3, 0.4) is 0 Å². The van der Waals surface area contributed by atoms with Crippen LogP contribution in [0.1, 0.15) is 6.42 Å². The first-order valence-corrected chi connectivity index (χ1v) is 9.93. The van der Waals surface area contributed by atoms with E-state index in [1.54, 1.807) is 24.3 Å². The second-order valence-electron chi connectivity index (χ2n) is 6.14. The van der Waals surface area contributed by atoms with Crippen LogP contribution in [0, 0.1) is 11.6 Å². The third-order valence-corrected chi connectivity index (χ3v) is 5.02. The van der Waals surface area contributed by atoms with Gasteiger partial charge in [-0.1, -0.05) is 6.07 Å². The number of amides is 1. The highest BCUT2D eigenvalue weighted by molar-refractivity contribution is 7.92. The van der Waals surface area contributed by atoms with Gasteiger partial charge in [0.15, 0.2) is 0 Å². The molecule has 146 valence electrons. The maximum Gasteiger partial charge on any atom is 0.232 e. The maximum absolute atomic E-state index is 13.6. The Bertz CT molecular complexity index is 896. The average Bonchev–Trinajstić information content (AvgIpc) is 2.57.